The lowest BCUT2D eigenvalue weighted by molar-refractivity contribution is -0.116. The van der Waals surface area contributed by atoms with Crippen LogP contribution in [0.25, 0.3) is 0 Å². The topological polar surface area (TPSA) is 111 Å². The number of nitrogens with one attached hydrogen (secondary N) is 2. The molecule has 0 saturated heterocycles. The molecular weight excluding hydrogens is 402 g/mol. The van der Waals surface area contributed by atoms with Crippen LogP contribution in [-0.2, 0) is 21.2 Å². The minimum Gasteiger partial charge on any atom is -0.495 e. The molecule has 2 aromatic carbocycles. The smallest absolute Gasteiger partial charge is 0.240 e. The van der Waals surface area contributed by atoms with Crippen molar-refractivity contribution in [1.29, 1.82) is 0 Å². The van der Waals surface area contributed by atoms with Gasteiger partial charge in [0.1, 0.15) is 5.75 Å². The number of amides is 1. The second kappa shape index (κ2) is 9.27. The predicted molar refractivity (Wildman–Crippen MR) is 111 cm³/mol. The van der Waals surface area contributed by atoms with Crippen LogP contribution >= 0.6 is 12.4 Å². The molecule has 0 aromatic heterocycles. The van der Waals surface area contributed by atoms with Gasteiger partial charge in [0.05, 0.1) is 17.7 Å². The lowest BCUT2D eigenvalue weighted by Crippen LogP contribution is -2.25. The van der Waals surface area contributed by atoms with Gasteiger partial charge in [-0.2, -0.15) is 0 Å². The molecule has 0 spiro atoms. The fraction of sp³-hybridized carbons (Fsp3) is 0.316. The molecule has 2 aromatic rings. The van der Waals surface area contributed by atoms with E-state index in [1.165, 1.54) is 7.11 Å². The Kier molecular flexibility index (Phi) is 7.29. The number of nitrogen functional groups attached to an aromatic ring is 1. The predicted octanol–water partition coefficient (Wildman–Crippen LogP) is 2.71. The first-order valence-corrected chi connectivity index (χ1v) is 10.2. The zero-order valence-electron chi connectivity index (χ0n) is 15.5. The number of carbonyl (C=O) groups is 1. The summed E-state index contributed by atoms with van der Waals surface area (Å²) in [6.45, 7) is 0. The van der Waals surface area contributed by atoms with Gasteiger partial charge in [-0.25, -0.2) is 13.1 Å². The van der Waals surface area contributed by atoms with E-state index in [0.717, 1.165) is 18.4 Å². The van der Waals surface area contributed by atoms with Crippen LogP contribution in [0.3, 0.4) is 0 Å². The van der Waals surface area contributed by atoms with Crippen LogP contribution < -0.4 is 20.5 Å². The van der Waals surface area contributed by atoms with Crippen LogP contribution in [0.4, 0.5) is 11.4 Å². The highest BCUT2D eigenvalue weighted by Gasteiger charge is 2.27. The number of halogens is 1. The van der Waals surface area contributed by atoms with Crippen molar-refractivity contribution in [3.05, 3.63) is 48.0 Å². The summed E-state index contributed by atoms with van der Waals surface area (Å²) in [5, 5.41) is 2.79. The third-order valence-electron chi connectivity index (χ3n) is 4.29. The van der Waals surface area contributed by atoms with Crippen LogP contribution in [0.5, 0.6) is 5.75 Å². The molecule has 9 heteroatoms. The molecule has 1 saturated carbocycles. The van der Waals surface area contributed by atoms with Crippen molar-refractivity contribution in [3.8, 4) is 5.75 Å². The summed E-state index contributed by atoms with van der Waals surface area (Å²) < 4.78 is 32.0. The van der Waals surface area contributed by atoms with Gasteiger partial charge in [-0.15, -0.1) is 12.4 Å². The van der Waals surface area contributed by atoms with Crippen LogP contribution in [0, 0.1) is 0 Å². The molecule has 1 amide bonds. The third kappa shape index (κ3) is 5.85. The Morgan fingerprint density at radius 1 is 1.18 bits per heavy atom. The molecule has 3 rings (SSSR count). The normalized spacial score (nSPS) is 13.5. The van der Waals surface area contributed by atoms with Gasteiger partial charge in [-0.1, -0.05) is 12.1 Å². The van der Waals surface area contributed by atoms with E-state index in [1.54, 1.807) is 42.5 Å². The molecule has 0 heterocycles. The fourth-order valence-corrected chi connectivity index (χ4v) is 3.92. The number of nitrogens with two attached hydrogens (primary N) is 1. The zero-order valence-corrected chi connectivity index (χ0v) is 17.1. The molecule has 7 nitrogen and oxygen atoms in total. The number of ether oxygens (including phenoxy) is 1. The molecule has 0 bridgehead atoms. The van der Waals surface area contributed by atoms with E-state index in [2.05, 4.69) is 10.0 Å². The van der Waals surface area contributed by atoms with E-state index < -0.39 is 10.0 Å². The monoisotopic (exact) mass is 425 g/mol. The van der Waals surface area contributed by atoms with Gasteiger partial charge in [-0.3, -0.25) is 4.79 Å². The molecule has 4 N–H and O–H groups in total. The second-order valence-electron chi connectivity index (χ2n) is 6.54. The van der Waals surface area contributed by atoms with Crippen molar-refractivity contribution < 1.29 is 17.9 Å². The molecule has 0 atom stereocenters. The van der Waals surface area contributed by atoms with Crippen molar-refractivity contribution in [2.24, 2.45) is 0 Å². The summed E-state index contributed by atoms with van der Waals surface area (Å²) in [6, 6.07) is 11.7. The van der Waals surface area contributed by atoms with Gasteiger partial charge >= 0.3 is 0 Å². The highest BCUT2D eigenvalue weighted by atomic mass is 35.5. The number of aryl methyl sites for hydroxylation is 1. The molecule has 152 valence electrons. The maximum atomic E-state index is 12.1. The van der Waals surface area contributed by atoms with E-state index in [0.29, 0.717) is 23.5 Å². The first kappa shape index (κ1) is 22.0. The molecule has 0 radical (unpaired) electrons. The van der Waals surface area contributed by atoms with Crippen molar-refractivity contribution in [2.75, 3.05) is 18.2 Å². The summed E-state index contributed by atoms with van der Waals surface area (Å²) in [5.41, 5.74) is 7.77. The standard InChI is InChI=1S/C19H23N3O4S.ClH/c1-26-18-10-7-15(12-17(18)20)21-19(23)11-4-13-2-8-16(9-3-13)27(24,25)22-14-5-6-14;/h2-3,7-10,12,14,22H,4-6,11,20H2,1H3,(H,21,23);1H. The molecule has 1 aliphatic rings. The largest absolute Gasteiger partial charge is 0.495 e. The number of anilines is 2. The lowest BCUT2D eigenvalue weighted by atomic mass is 10.1. The summed E-state index contributed by atoms with van der Waals surface area (Å²) in [5.74, 6) is 0.408. The Labute approximate surface area is 171 Å². The van der Waals surface area contributed by atoms with E-state index in [4.69, 9.17) is 10.5 Å². The first-order chi connectivity index (χ1) is 12.9. The minimum atomic E-state index is -3.45. The molecule has 0 unspecified atom stereocenters. The molecule has 28 heavy (non-hydrogen) atoms. The van der Waals surface area contributed by atoms with Crippen LogP contribution in [0.1, 0.15) is 24.8 Å². The maximum absolute atomic E-state index is 12.1. The van der Waals surface area contributed by atoms with E-state index >= 15 is 0 Å². The van der Waals surface area contributed by atoms with E-state index in [9.17, 15) is 13.2 Å². The van der Waals surface area contributed by atoms with Gasteiger partial charge in [0.2, 0.25) is 15.9 Å². The Hall–Kier alpha value is -2.29. The van der Waals surface area contributed by atoms with Gasteiger partial charge < -0.3 is 15.8 Å². The zero-order chi connectivity index (χ0) is 19.4. The number of methoxy groups -OCH3 is 1. The first-order valence-electron chi connectivity index (χ1n) is 8.72. The Morgan fingerprint density at radius 2 is 1.86 bits per heavy atom. The van der Waals surface area contributed by atoms with Crippen molar-refractivity contribution in [1.82, 2.24) is 4.72 Å². The Bertz CT molecular complexity index is 929. The average Bonchev–Trinajstić information content (AvgIpc) is 3.44. The number of rotatable bonds is 8. The summed E-state index contributed by atoms with van der Waals surface area (Å²) in [7, 11) is -1.92. The molecule has 1 aliphatic carbocycles. The summed E-state index contributed by atoms with van der Waals surface area (Å²) in [4.78, 5) is 12.4. The summed E-state index contributed by atoms with van der Waals surface area (Å²) >= 11 is 0. The van der Waals surface area contributed by atoms with Gasteiger partial charge in [-0.05, 0) is 55.2 Å². The van der Waals surface area contributed by atoms with Crippen LogP contribution in [-0.4, -0.2) is 27.5 Å². The number of carbonyl (C=O) groups excluding carboxylic acids is 1. The highest BCUT2D eigenvalue weighted by molar-refractivity contribution is 7.89. The third-order valence-corrected chi connectivity index (χ3v) is 5.82. The summed E-state index contributed by atoms with van der Waals surface area (Å²) in [6.07, 6.45) is 2.57. The number of benzene rings is 2. The number of hydrogen-bond acceptors (Lipinski definition) is 5. The second-order valence-corrected chi connectivity index (χ2v) is 8.26. The van der Waals surface area contributed by atoms with E-state index in [1.807, 2.05) is 0 Å². The van der Waals surface area contributed by atoms with Crippen molar-refractivity contribution in [2.45, 2.75) is 36.6 Å². The highest BCUT2D eigenvalue weighted by Crippen LogP contribution is 2.25. The number of sulfonamides is 1. The molecular formula is C19H24ClN3O4S. The lowest BCUT2D eigenvalue weighted by Gasteiger charge is -2.09. The average molecular weight is 426 g/mol. The quantitative estimate of drug-likeness (QED) is 0.563. The van der Waals surface area contributed by atoms with Crippen LogP contribution in [0.2, 0.25) is 0 Å². The SMILES string of the molecule is COc1ccc(NC(=O)CCc2ccc(S(=O)(=O)NC3CC3)cc2)cc1N.Cl. The van der Waals surface area contributed by atoms with E-state index in [-0.39, 0.29) is 35.7 Å². The Morgan fingerprint density at radius 3 is 2.43 bits per heavy atom. The molecule has 1 fully saturated rings. The maximum Gasteiger partial charge on any atom is 0.240 e. The minimum absolute atomic E-state index is 0. The van der Waals surface area contributed by atoms with Crippen LogP contribution in [0.15, 0.2) is 47.4 Å². The van der Waals surface area contributed by atoms with Gasteiger partial charge in [0.15, 0.2) is 0 Å². The Balaban J connectivity index is 0.00000280. The number of hydrogen-bond donors (Lipinski definition) is 3. The molecule has 0 aliphatic heterocycles. The van der Waals surface area contributed by atoms with Crippen molar-refractivity contribution in [3.63, 3.8) is 0 Å². The van der Waals surface area contributed by atoms with Crippen molar-refractivity contribution >= 4 is 39.7 Å². The van der Waals surface area contributed by atoms with Gasteiger partial charge in [0.25, 0.3) is 0 Å². The fourth-order valence-electron chi connectivity index (χ4n) is 2.62. The van der Waals surface area contributed by atoms with Gasteiger partial charge in [0, 0.05) is 18.2 Å².